The normalized spacial score (nSPS) is 24.4. The van der Waals surface area contributed by atoms with E-state index >= 15 is 0 Å². The molecule has 1 fully saturated rings. The average Bonchev–Trinajstić information content (AvgIpc) is 2.27. The molecule has 0 heterocycles. The molecule has 0 unspecified atom stereocenters. The van der Waals surface area contributed by atoms with Crippen LogP contribution in [0.3, 0.4) is 0 Å². The Balaban J connectivity index is 2.31. The maximum Gasteiger partial charge on any atom is 0.239 e. The molecule has 18 heavy (non-hydrogen) atoms. The SMILES string of the molecule is CC(C)(C)C(=O)NCC(=O)N[C@@H]1CCCC[C@H]1O. The van der Waals surface area contributed by atoms with Crippen LogP contribution in [0.4, 0.5) is 0 Å². The summed E-state index contributed by atoms with van der Waals surface area (Å²) in [6, 6.07) is -0.169. The van der Waals surface area contributed by atoms with Gasteiger partial charge in [0, 0.05) is 5.41 Å². The van der Waals surface area contributed by atoms with Gasteiger partial charge in [-0.25, -0.2) is 0 Å². The lowest BCUT2D eigenvalue weighted by molar-refractivity contribution is -0.131. The molecule has 0 aromatic rings. The highest BCUT2D eigenvalue weighted by Gasteiger charge is 2.25. The number of aliphatic hydroxyl groups excluding tert-OH is 1. The molecule has 5 nitrogen and oxygen atoms in total. The quantitative estimate of drug-likeness (QED) is 0.690. The molecule has 0 spiro atoms. The molecule has 2 atom stereocenters. The third kappa shape index (κ3) is 4.64. The van der Waals surface area contributed by atoms with Crippen LogP contribution in [0.5, 0.6) is 0 Å². The Morgan fingerprint density at radius 3 is 2.39 bits per heavy atom. The number of hydrogen-bond donors (Lipinski definition) is 3. The van der Waals surface area contributed by atoms with Gasteiger partial charge in [-0.3, -0.25) is 9.59 Å². The first-order chi connectivity index (χ1) is 8.30. The zero-order chi connectivity index (χ0) is 13.8. The number of carbonyl (C=O) groups is 2. The smallest absolute Gasteiger partial charge is 0.239 e. The molecule has 104 valence electrons. The molecule has 1 aliphatic carbocycles. The van der Waals surface area contributed by atoms with Crippen molar-refractivity contribution in [2.45, 2.75) is 58.6 Å². The van der Waals surface area contributed by atoms with Crippen LogP contribution in [0.2, 0.25) is 0 Å². The number of nitrogens with one attached hydrogen (secondary N) is 2. The largest absolute Gasteiger partial charge is 0.391 e. The number of aliphatic hydroxyl groups is 1. The van der Waals surface area contributed by atoms with E-state index in [0.717, 1.165) is 25.7 Å². The van der Waals surface area contributed by atoms with Gasteiger partial charge in [-0.1, -0.05) is 33.6 Å². The Morgan fingerprint density at radius 1 is 1.22 bits per heavy atom. The second-order valence-corrected chi connectivity index (χ2v) is 5.96. The van der Waals surface area contributed by atoms with Gasteiger partial charge in [0.2, 0.25) is 11.8 Å². The maximum atomic E-state index is 11.7. The summed E-state index contributed by atoms with van der Waals surface area (Å²) in [5.41, 5.74) is -0.495. The van der Waals surface area contributed by atoms with E-state index in [0.29, 0.717) is 0 Å². The van der Waals surface area contributed by atoms with E-state index in [1.807, 2.05) is 0 Å². The van der Waals surface area contributed by atoms with Crippen LogP contribution in [0, 0.1) is 5.41 Å². The van der Waals surface area contributed by atoms with E-state index in [4.69, 9.17) is 0 Å². The molecule has 0 bridgehead atoms. The lowest BCUT2D eigenvalue weighted by Crippen LogP contribution is -2.49. The van der Waals surface area contributed by atoms with Crippen molar-refractivity contribution in [1.82, 2.24) is 10.6 Å². The molecule has 0 radical (unpaired) electrons. The monoisotopic (exact) mass is 256 g/mol. The van der Waals surface area contributed by atoms with Gasteiger partial charge >= 0.3 is 0 Å². The fraction of sp³-hybridized carbons (Fsp3) is 0.846. The van der Waals surface area contributed by atoms with E-state index in [1.165, 1.54) is 0 Å². The first-order valence-corrected chi connectivity index (χ1v) is 6.56. The fourth-order valence-electron chi connectivity index (χ4n) is 1.96. The van der Waals surface area contributed by atoms with Gasteiger partial charge in [0.05, 0.1) is 18.7 Å². The molecule has 0 aromatic carbocycles. The van der Waals surface area contributed by atoms with Crippen LogP contribution in [0.15, 0.2) is 0 Å². The van der Waals surface area contributed by atoms with Gasteiger partial charge in [-0.05, 0) is 12.8 Å². The van der Waals surface area contributed by atoms with Crippen molar-refractivity contribution in [3.8, 4) is 0 Å². The van der Waals surface area contributed by atoms with Crippen LogP contribution in [0.25, 0.3) is 0 Å². The standard InChI is InChI=1S/C13H24N2O3/c1-13(2,3)12(18)14-8-11(17)15-9-6-4-5-7-10(9)16/h9-10,16H,4-8H2,1-3H3,(H,14,18)(H,15,17)/t9-,10-/m1/s1. The summed E-state index contributed by atoms with van der Waals surface area (Å²) in [5, 5.41) is 15.1. The zero-order valence-electron chi connectivity index (χ0n) is 11.5. The summed E-state index contributed by atoms with van der Waals surface area (Å²) in [7, 11) is 0. The first-order valence-electron chi connectivity index (χ1n) is 6.56. The van der Waals surface area contributed by atoms with E-state index in [9.17, 15) is 14.7 Å². The Labute approximate surface area is 108 Å². The van der Waals surface area contributed by atoms with Crippen molar-refractivity contribution in [2.75, 3.05) is 6.54 Å². The van der Waals surface area contributed by atoms with Crippen molar-refractivity contribution >= 4 is 11.8 Å². The van der Waals surface area contributed by atoms with Crippen molar-refractivity contribution in [2.24, 2.45) is 5.41 Å². The van der Waals surface area contributed by atoms with Crippen LogP contribution >= 0.6 is 0 Å². The zero-order valence-corrected chi connectivity index (χ0v) is 11.5. The molecular formula is C13H24N2O3. The molecule has 1 saturated carbocycles. The third-order valence-corrected chi connectivity index (χ3v) is 3.17. The topological polar surface area (TPSA) is 78.4 Å². The van der Waals surface area contributed by atoms with E-state index in [-0.39, 0.29) is 24.4 Å². The van der Waals surface area contributed by atoms with E-state index in [2.05, 4.69) is 10.6 Å². The highest BCUT2D eigenvalue weighted by Crippen LogP contribution is 2.18. The van der Waals surface area contributed by atoms with Crippen LogP contribution in [-0.4, -0.2) is 35.6 Å². The minimum absolute atomic E-state index is 0.0284. The third-order valence-electron chi connectivity index (χ3n) is 3.17. The van der Waals surface area contributed by atoms with E-state index in [1.54, 1.807) is 20.8 Å². The molecule has 0 aromatic heterocycles. The second-order valence-electron chi connectivity index (χ2n) is 5.96. The lowest BCUT2D eigenvalue weighted by Gasteiger charge is -2.28. The van der Waals surface area contributed by atoms with Crippen LogP contribution in [-0.2, 0) is 9.59 Å². The molecule has 2 amide bonds. The Hall–Kier alpha value is -1.10. The molecule has 1 aliphatic rings. The molecule has 1 rings (SSSR count). The summed E-state index contributed by atoms with van der Waals surface area (Å²) in [6.45, 7) is 5.36. The summed E-state index contributed by atoms with van der Waals surface area (Å²) in [6.07, 6.45) is 3.12. The summed E-state index contributed by atoms with van der Waals surface area (Å²) in [5.74, 6) is -0.389. The molecule has 0 aliphatic heterocycles. The van der Waals surface area contributed by atoms with Crippen LogP contribution in [0.1, 0.15) is 46.5 Å². The van der Waals surface area contributed by atoms with Gasteiger partial charge < -0.3 is 15.7 Å². The highest BCUT2D eigenvalue weighted by molar-refractivity contribution is 5.87. The molecule has 3 N–H and O–H groups in total. The lowest BCUT2D eigenvalue weighted by atomic mass is 9.92. The van der Waals surface area contributed by atoms with Gasteiger partial charge in [0.15, 0.2) is 0 Å². The number of amides is 2. The Bertz CT molecular complexity index is 310. The van der Waals surface area contributed by atoms with Crippen molar-refractivity contribution in [1.29, 1.82) is 0 Å². The average molecular weight is 256 g/mol. The predicted octanol–water partition coefficient (Wildman–Crippen LogP) is 0.568. The van der Waals surface area contributed by atoms with Gasteiger partial charge in [0.1, 0.15) is 0 Å². The van der Waals surface area contributed by atoms with Crippen molar-refractivity contribution < 1.29 is 14.7 Å². The van der Waals surface area contributed by atoms with Gasteiger partial charge in [-0.15, -0.1) is 0 Å². The predicted molar refractivity (Wildman–Crippen MR) is 68.9 cm³/mol. The van der Waals surface area contributed by atoms with Gasteiger partial charge in [-0.2, -0.15) is 0 Å². The minimum Gasteiger partial charge on any atom is -0.391 e. The number of carbonyl (C=O) groups excluding carboxylic acids is 2. The molecule has 5 heteroatoms. The highest BCUT2D eigenvalue weighted by atomic mass is 16.3. The Kier molecular flexibility index (Phi) is 5.14. The Morgan fingerprint density at radius 2 is 1.83 bits per heavy atom. The number of rotatable bonds is 3. The van der Waals surface area contributed by atoms with Crippen molar-refractivity contribution in [3.63, 3.8) is 0 Å². The molecule has 0 saturated heterocycles. The van der Waals surface area contributed by atoms with E-state index < -0.39 is 11.5 Å². The summed E-state index contributed by atoms with van der Waals surface area (Å²) < 4.78 is 0. The van der Waals surface area contributed by atoms with Crippen molar-refractivity contribution in [3.05, 3.63) is 0 Å². The first kappa shape index (κ1) is 15.0. The second kappa shape index (κ2) is 6.18. The minimum atomic E-state index is -0.495. The summed E-state index contributed by atoms with van der Waals surface area (Å²) >= 11 is 0. The maximum absolute atomic E-state index is 11.7. The number of hydrogen-bond acceptors (Lipinski definition) is 3. The molecular weight excluding hydrogens is 232 g/mol. The summed E-state index contributed by atoms with van der Waals surface area (Å²) in [4.78, 5) is 23.2. The van der Waals surface area contributed by atoms with Gasteiger partial charge in [0.25, 0.3) is 0 Å². The van der Waals surface area contributed by atoms with Crippen LogP contribution < -0.4 is 10.6 Å². The fourth-order valence-corrected chi connectivity index (χ4v) is 1.96.